The summed E-state index contributed by atoms with van der Waals surface area (Å²) in [6.45, 7) is 4.31. The number of benzene rings is 1. The van der Waals surface area contributed by atoms with Crippen LogP contribution in [0.4, 0.5) is 13.6 Å². The van der Waals surface area contributed by atoms with Crippen LogP contribution in [0.15, 0.2) is 47.7 Å². The van der Waals surface area contributed by atoms with E-state index in [1.165, 1.54) is 0 Å². The molecule has 1 heterocycles. The number of amides is 7. The van der Waals surface area contributed by atoms with Crippen LogP contribution >= 0.6 is 0 Å². The Bertz CT molecular complexity index is 2030. The number of hydrogen-bond donors (Lipinski definition) is 7. The highest BCUT2D eigenvalue weighted by Crippen LogP contribution is 2.30. The van der Waals surface area contributed by atoms with E-state index in [9.17, 15) is 52.6 Å². The highest BCUT2D eigenvalue weighted by atomic mass is 19.1. The molecule has 2 aliphatic carbocycles. The average Bonchev–Trinajstić information content (AvgIpc) is 3.67. The van der Waals surface area contributed by atoms with Gasteiger partial charge in [0, 0.05) is 6.54 Å². The monoisotopic (exact) mass is 869 g/mol. The Balaban J connectivity index is 1.58. The van der Waals surface area contributed by atoms with Gasteiger partial charge in [-0.15, -0.1) is 0 Å². The lowest BCUT2D eigenvalue weighted by molar-refractivity contribution is -0.143. The van der Waals surface area contributed by atoms with Gasteiger partial charge in [-0.25, -0.2) is 18.4 Å². The number of ketones is 1. The lowest BCUT2D eigenvalue weighted by atomic mass is 9.83. The molecular weight excluding hydrogens is 816 g/mol. The molecule has 1 unspecified atom stereocenters. The Hall–Kier alpha value is -6.47. The number of carboxylic acids is 1. The molecular formula is C42H53F2N7O11. The van der Waals surface area contributed by atoms with Gasteiger partial charge in [-0.05, 0) is 61.6 Å². The summed E-state index contributed by atoms with van der Waals surface area (Å²) in [5.74, 6) is -12.6. The van der Waals surface area contributed by atoms with Crippen molar-refractivity contribution in [3.05, 3.63) is 70.5 Å². The summed E-state index contributed by atoms with van der Waals surface area (Å²) in [6.07, 6.45) is 9.03. The maximum absolute atomic E-state index is 15.0. The van der Waals surface area contributed by atoms with Crippen LogP contribution in [0, 0.1) is 23.5 Å². The summed E-state index contributed by atoms with van der Waals surface area (Å²) < 4.78 is 34.9. The molecule has 0 aromatic heterocycles. The molecule has 4 rings (SSSR count). The third-order valence-electron chi connectivity index (χ3n) is 10.5. The number of hydrogen-bond acceptors (Lipinski definition) is 10. The molecule has 1 aromatic carbocycles. The molecule has 2 fully saturated rings. The molecule has 3 aliphatic rings. The topological polar surface area (TPSA) is 272 Å². The number of ether oxygens (including phenoxy) is 1. The molecule has 0 spiro atoms. The second-order valence-electron chi connectivity index (χ2n) is 15.7. The molecule has 1 aliphatic heterocycles. The number of Topliss-reactive ketones (excluding diaryl/α,β-unsaturated/α-hetero) is 1. The fourth-order valence-corrected chi connectivity index (χ4v) is 7.52. The van der Waals surface area contributed by atoms with Gasteiger partial charge >= 0.3 is 12.1 Å². The van der Waals surface area contributed by atoms with E-state index in [0.29, 0.717) is 49.8 Å². The van der Waals surface area contributed by atoms with Crippen molar-refractivity contribution >= 4 is 53.3 Å². The Morgan fingerprint density at radius 1 is 0.952 bits per heavy atom. The minimum absolute atomic E-state index is 0.0217. The largest absolute Gasteiger partial charge is 0.478 e. The number of rotatable bonds is 18. The molecule has 20 heteroatoms. The SMILES string of the molecule is CCCC(NC(=O)[C@@H]1C[C@@H](NC(=O)OCC(C)C)CN1C(=O)[C@@H](NC(=O)c1c(F)ccc(F)c1C(=O)O)C1CCCCC1)C(=O)C(=O)NCC(=O)NC(C(N)=O)=C1C=CC=CC1. The molecule has 1 aromatic rings. The van der Waals surface area contributed by atoms with Crippen molar-refractivity contribution < 1.29 is 61.8 Å². The van der Waals surface area contributed by atoms with Crippen molar-refractivity contribution in [2.45, 2.75) is 103 Å². The van der Waals surface area contributed by atoms with Crippen LogP contribution in [-0.2, 0) is 33.5 Å². The number of halogens is 2. The van der Waals surface area contributed by atoms with Crippen molar-refractivity contribution in [3.8, 4) is 0 Å². The first-order valence-corrected chi connectivity index (χ1v) is 20.5. The van der Waals surface area contributed by atoms with Crippen LogP contribution in [0.1, 0.15) is 99.3 Å². The van der Waals surface area contributed by atoms with E-state index < -0.39 is 113 Å². The van der Waals surface area contributed by atoms with Gasteiger partial charge in [-0.3, -0.25) is 33.6 Å². The van der Waals surface area contributed by atoms with Crippen molar-refractivity contribution in [1.82, 2.24) is 31.5 Å². The van der Waals surface area contributed by atoms with E-state index in [1.807, 2.05) is 13.8 Å². The maximum atomic E-state index is 15.0. The van der Waals surface area contributed by atoms with Gasteiger partial charge in [0.2, 0.25) is 23.5 Å². The van der Waals surface area contributed by atoms with Gasteiger partial charge in [0.15, 0.2) is 0 Å². The van der Waals surface area contributed by atoms with E-state index in [4.69, 9.17) is 10.5 Å². The zero-order valence-corrected chi connectivity index (χ0v) is 34.7. The molecule has 8 N–H and O–H groups in total. The molecule has 4 atom stereocenters. The predicted molar refractivity (Wildman–Crippen MR) is 216 cm³/mol. The van der Waals surface area contributed by atoms with E-state index in [0.717, 1.165) is 11.3 Å². The maximum Gasteiger partial charge on any atom is 0.407 e. The summed E-state index contributed by atoms with van der Waals surface area (Å²) in [6, 6.07) is -4.13. The third kappa shape index (κ3) is 12.8. The first-order valence-electron chi connectivity index (χ1n) is 20.5. The number of carbonyl (C=O) groups excluding carboxylic acids is 8. The number of carboxylic acid groups (broad SMARTS) is 1. The minimum atomic E-state index is -1.92. The number of likely N-dealkylation sites (tertiary alicyclic amines) is 1. The van der Waals surface area contributed by atoms with Crippen molar-refractivity contribution in [2.75, 3.05) is 19.7 Å². The van der Waals surface area contributed by atoms with E-state index in [1.54, 1.807) is 31.2 Å². The van der Waals surface area contributed by atoms with Crippen LogP contribution in [0.25, 0.3) is 0 Å². The molecule has 0 bridgehead atoms. The highest BCUT2D eigenvalue weighted by molar-refractivity contribution is 6.38. The number of alkyl carbamates (subject to hydrolysis) is 1. The lowest BCUT2D eigenvalue weighted by Gasteiger charge is -2.35. The Kier molecular flexibility index (Phi) is 17.4. The molecule has 18 nitrogen and oxygen atoms in total. The molecule has 1 saturated heterocycles. The van der Waals surface area contributed by atoms with Crippen molar-refractivity contribution in [2.24, 2.45) is 17.6 Å². The summed E-state index contributed by atoms with van der Waals surface area (Å²) >= 11 is 0. The summed E-state index contributed by atoms with van der Waals surface area (Å²) in [5, 5.41) is 21.7. The second-order valence-corrected chi connectivity index (χ2v) is 15.7. The normalized spacial score (nSPS) is 19.2. The zero-order valence-electron chi connectivity index (χ0n) is 34.7. The van der Waals surface area contributed by atoms with E-state index >= 15 is 4.39 Å². The Labute approximate surface area is 356 Å². The standard InChI is InChI=1S/C42H53F2N7O11/c1-4-11-28(35(53)39(57)46-19-30(52)49-33(36(45)54)23-12-7-5-8-13-23)48-37(55)29-18-25(47-42(61)62-21-22(2)3)20-51(29)40(58)34(24-14-9-6-10-15-24)50-38(56)31-26(43)16-17-27(44)32(31)41(59)60/h5,7-8,12,16-17,22,24-25,28-29,34H,4,6,9-11,13-15,18-21H2,1-3H3,(H2,45,54)(H,46,57)(H,47,61)(H,48,55)(H,49,52)(H,50,56)(H,59,60)/t25-,28?,29+,34+/m1/s1. The highest BCUT2D eigenvalue weighted by Gasteiger charge is 2.46. The van der Waals surface area contributed by atoms with Gasteiger partial charge in [-0.1, -0.05) is 70.8 Å². The van der Waals surface area contributed by atoms with Gasteiger partial charge < -0.3 is 47.1 Å². The van der Waals surface area contributed by atoms with Crippen LogP contribution in [0.3, 0.4) is 0 Å². The van der Waals surface area contributed by atoms with Crippen LogP contribution in [0.2, 0.25) is 0 Å². The smallest absolute Gasteiger partial charge is 0.407 e. The Morgan fingerprint density at radius 3 is 2.23 bits per heavy atom. The first-order chi connectivity index (χ1) is 29.4. The quantitative estimate of drug-likeness (QED) is 0.0829. The second kappa shape index (κ2) is 22.4. The Morgan fingerprint density at radius 2 is 1.63 bits per heavy atom. The number of carbonyl (C=O) groups is 9. The molecule has 336 valence electrons. The van der Waals surface area contributed by atoms with Crippen molar-refractivity contribution in [3.63, 3.8) is 0 Å². The summed E-state index contributed by atoms with van der Waals surface area (Å²) in [4.78, 5) is 119. The van der Waals surface area contributed by atoms with Gasteiger partial charge in [0.1, 0.15) is 35.0 Å². The number of allylic oxidation sites excluding steroid dienone is 5. The van der Waals surface area contributed by atoms with Crippen LogP contribution in [-0.4, -0.2) is 107 Å². The zero-order chi connectivity index (χ0) is 45.7. The lowest BCUT2D eigenvalue weighted by Crippen LogP contribution is -2.58. The van der Waals surface area contributed by atoms with Gasteiger partial charge in [0.05, 0.1) is 30.8 Å². The molecule has 0 radical (unpaired) electrons. The van der Waals surface area contributed by atoms with E-state index in [2.05, 4.69) is 26.6 Å². The van der Waals surface area contributed by atoms with Crippen LogP contribution in [0.5, 0.6) is 0 Å². The fourth-order valence-electron chi connectivity index (χ4n) is 7.52. The number of nitrogens with one attached hydrogen (secondary N) is 5. The van der Waals surface area contributed by atoms with E-state index in [-0.39, 0.29) is 44.0 Å². The molecule has 62 heavy (non-hydrogen) atoms. The summed E-state index contributed by atoms with van der Waals surface area (Å²) in [7, 11) is 0. The molecule has 1 saturated carbocycles. The van der Waals surface area contributed by atoms with Crippen molar-refractivity contribution in [1.29, 1.82) is 0 Å². The minimum Gasteiger partial charge on any atom is -0.478 e. The van der Waals surface area contributed by atoms with Crippen LogP contribution < -0.4 is 32.3 Å². The summed E-state index contributed by atoms with van der Waals surface area (Å²) in [5.41, 5.74) is 3.30. The number of primary amides is 1. The van der Waals surface area contributed by atoms with Gasteiger partial charge in [0.25, 0.3) is 17.7 Å². The molecule has 7 amide bonds. The predicted octanol–water partition coefficient (Wildman–Crippen LogP) is 2.04. The number of nitrogens with two attached hydrogens (primary N) is 1. The average molecular weight is 870 g/mol. The third-order valence-corrected chi connectivity index (χ3v) is 10.5. The first kappa shape index (κ1) is 48.2. The number of aromatic carboxylic acids is 1. The van der Waals surface area contributed by atoms with Gasteiger partial charge in [-0.2, -0.15) is 0 Å². The number of nitrogens with zero attached hydrogens (tertiary/aromatic N) is 1. The fraction of sp³-hybridized carbons (Fsp3) is 0.500.